The molecule has 0 spiro atoms. The van der Waals surface area contributed by atoms with Crippen LogP contribution >= 0.6 is 0 Å². The van der Waals surface area contributed by atoms with Crippen molar-refractivity contribution in [2.24, 2.45) is 0 Å². The SMILES string of the molecule is O=C1CC[C@H](CCCCCCCCO)O1. The Balaban J connectivity index is 1.83. The van der Waals surface area contributed by atoms with Gasteiger partial charge >= 0.3 is 5.97 Å². The molecule has 1 fully saturated rings. The quantitative estimate of drug-likeness (QED) is 0.498. The fourth-order valence-electron chi connectivity index (χ4n) is 1.98. The zero-order valence-corrected chi connectivity index (χ0v) is 9.41. The first-order valence-electron chi connectivity index (χ1n) is 6.13. The van der Waals surface area contributed by atoms with E-state index in [9.17, 15) is 4.79 Å². The number of aliphatic hydroxyl groups excluding tert-OH is 1. The predicted octanol–water partition coefficient (Wildman–Crippen LogP) is 2.42. The van der Waals surface area contributed by atoms with Gasteiger partial charge in [0, 0.05) is 13.0 Å². The molecule has 1 saturated heterocycles. The van der Waals surface area contributed by atoms with Crippen molar-refractivity contribution >= 4 is 5.97 Å². The molecule has 1 rings (SSSR count). The van der Waals surface area contributed by atoms with Crippen LogP contribution in [-0.2, 0) is 9.53 Å². The Kier molecular flexibility index (Phi) is 6.41. The smallest absolute Gasteiger partial charge is 0.306 e. The van der Waals surface area contributed by atoms with Gasteiger partial charge in [0.2, 0.25) is 0 Å². The number of carbonyl (C=O) groups is 1. The summed E-state index contributed by atoms with van der Waals surface area (Å²) in [5, 5.41) is 8.59. The minimum atomic E-state index is -0.0251. The second kappa shape index (κ2) is 7.69. The molecular formula is C12H22O3. The van der Waals surface area contributed by atoms with Gasteiger partial charge in [-0.3, -0.25) is 4.79 Å². The van der Waals surface area contributed by atoms with Crippen LogP contribution in [0.2, 0.25) is 0 Å². The molecule has 0 aliphatic carbocycles. The lowest BCUT2D eigenvalue weighted by Crippen LogP contribution is -2.06. The zero-order chi connectivity index (χ0) is 10.9. The summed E-state index contributed by atoms with van der Waals surface area (Å²) >= 11 is 0. The highest BCUT2D eigenvalue weighted by atomic mass is 16.5. The molecule has 88 valence electrons. The van der Waals surface area contributed by atoms with Crippen LogP contribution in [0.15, 0.2) is 0 Å². The summed E-state index contributed by atoms with van der Waals surface area (Å²) in [5.74, 6) is -0.0251. The van der Waals surface area contributed by atoms with Gasteiger partial charge in [-0.15, -0.1) is 0 Å². The third kappa shape index (κ3) is 5.78. The summed E-state index contributed by atoms with van der Waals surface area (Å²) in [6.07, 6.45) is 9.67. The van der Waals surface area contributed by atoms with Crippen LogP contribution in [0.4, 0.5) is 0 Å². The molecule has 0 aromatic rings. The molecule has 0 unspecified atom stereocenters. The molecule has 15 heavy (non-hydrogen) atoms. The lowest BCUT2D eigenvalue weighted by Gasteiger charge is -2.08. The first-order chi connectivity index (χ1) is 7.33. The summed E-state index contributed by atoms with van der Waals surface area (Å²) in [6.45, 7) is 0.317. The molecule has 1 aliphatic rings. The largest absolute Gasteiger partial charge is 0.462 e. The van der Waals surface area contributed by atoms with Crippen LogP contribution in [0.25, 0.3) is 0 Å². The fourth-order valence-corrected chi connectivity index (χ4v) is 1.98. The lowest BCUT2D eigenvalue weighted by atomic mass is 10.1. The van der Waals surface area contributed by atoms with Gasteiger partial charge in [-0.25, -0.2) is 0 Å². The monoisotopic (exact) mass is 214 g/mol. The van der Waals surface area contributed by atoms with Crippen molar-refractivity contribution < 1.29 is 14.6 Å². The van der Waals surface area contributed by atoms with Crippen LogP contribution in [0, 0.1) is 0 Å². The second-order valence-corrected chi connectivity index (χ2v) is 4.28. The molecular weight excluding hydrogens is 192 g/mol. The molecule has 1 N–H and O–H groups in total. The van der Waals surface area contributed by atoms with Crippen molar-refractivity contribution in [3.05, 3.63) is 0 Å². The number of hydrogen-bond acceptors (Lipinski definition) is 3. The molecule has 3 nitrogen and oxygen atoms in total. The number of unbranched alkanes of at least 4 members (excludes halogenated alkanes) is 5. The number of aliphatic hydroxyl groups is 1. The summed E-state index contributed by atoms with van der Waals surface area (Å²) in [6, 6.07) is 0. The number of ether oxygens (including phenoxy) is 1. The van der Waals surface area contributed by atoms with E-state index in [4.69, 9.17) is 9.84 Å². The van der Waals surface area contributed by atoms with Gasteiger partial charge in [0.05, 0.1) is 0 Å². The van der Waals surface area contributed by atoms with Crippen molar-refractivity contribution in [3.8, 4) is 0 Å². The molecule has 1 atom stereocenters. The van der Waals surface area contributed by atoms with Crippen molar-refractivity contribution in [2.45, 2.75) is 63.9 Å². The first-order valence-corrected chi connectivity index (χ1v) is 6.13. The summed E-state index contributed by atoms with van der Waals surface area (Å²) in [5.41, 5.74) is 0. The summed E-state index contributed by atoms with van der Waals surface area (Å²) in [7, 11) is 0. The molecule has 3 heteroatoms. The van der Waals surface area contributed by atoms with Crippen molar-refractivity contribution in [1.29, 1.82) is 0 Å². The van der Waals surface area contributed by atoms with E-state index in [-0.39, 0.29) is 12.1 Å². The second-order valence-electron chi connectivity index (χ2n) is 4.28. The fraction of sp³-hybridized carbons (Fsp3) is 0.917. The molecule has 1 aliphatic heterocycles. The Morgan fingerprint density at radius 3 is 2.40 bits per heavy atom. The maximum absolute atomic E-state index is 10.8. The number of hydrogen-bond donors (Lipinski definition) is 1. The molecule has 0 aromatic heterocycles. The van der Waals surface area contributed by atoms with Gasteiger partial charge in [-0.1, -0.05) is 25.7 Å². The Bertz CT molecular complexity index is 180. The Hall–Kier alpha value is -0.570. The predicted molar refractivity (Wildman–Crippen MR) is 58.5 cm³/mol. The van der Waals surface area contributed by atoms with Crippen molar-refractivity contribution in [3.63, 3.8) is 0 Å². The third-order valence-electron chi connectivity index (χ3n) is 2.90. The molecule has 0 bridgehead atoms. The van der Waals surface area contributed by atoms with E-state index in [1.165, 1.54) is 19.3 Å². The van der Waals surface area contributed by atoms with Crippen LogP contribution in [0.1, 0.15) is 57.8 Å². The Morgan fingerprint density at radius 1 is 1.13 bits per heavy atom. The van der Waals surface area contributed by atoms with Crippen LogP contribution in [-0.4, -0.2) is 23.8 Å². The molecule has 0 aromatic carbocycles. The van der Waals surface area contributed by atoms with E-state index in [1.54, 1.807) is 0 Å². The summed E-state index contributed by atoms with van der Waals surface area (Å²) in [4.78, 5) is 10.8. The molecule has 0 radical (unpaired) electrons. The normalized spacial score (nSPS) is 20.6. The molecule has 0 saturated carbocycles. The van der Waals surface area contributed by atoms with E-state index >= 15 is 0 Å². The van der Waals surface area contributed by atoms with Gasteiger partial charge in [-0.2, -0.15) is 0 Å². The molecule has 1 heterocycles. The van der Waals surface area contributed by atoms with Gasteiger partial charge < -0.3 is 9.84 Å². The van der Waals surface area contributed by atoms with E-state index in [0.29, 0.717) is 13.0 Å². The number of carbonyl (C=O) groups excluding carboxylic acids is 1. The van der Waals surface area contributed by atoms with E-state index < -0.39 is 0 Å². The highest BCUT2D eigenvalue weighted by molar-refractivity contribution is 5.71. The molecule has 0 amide bonds. The van der Waals surface area contributed by atoms with Crippen molar-refractivity contribution in [2.75, 3.05) is 6.61 Å². The van der Waals surface area contributed by atoms with Crippen LogP contribution in [0.5, 0.6) is 0 Å². The topological polar surface area (TPSA) is 46.5 Å². The standard InChI is InChI=1S/C12H22O3/c13-10-6-4-2-1-3-5-7-11-8-9-12(14)15-11/h11,13H,1-10H2/t11-/m0/s1. The van der Waals surface area contributed by atoms with Gasteiger partial charge in [0.1, 0.15) is 6.10 Å². The van der Waals surface area contributed by atoms with Gasteiger partial charge in [-0.05, 0) is 25.7 Å². The Morgan fingerprint density at radius 2 is 1.80 bits per heavy atom. The highest BCUT2D eigenvalue weighted by Crippen LogP contribution is 2.19. The Labute approximate surface area is 91.8 Å². The lowest BCUT2D eigenvalue weighted by molar-refractivity contribution is -0.141. The first kappa shape index (κ1) is 12.5. The number of rotatable bonds is 8. The van der Waals surface area contributed by atoms with Gasteiger partial charge in [0.15, 0.2) is 0 Å². The maximum atomic E-state index is 10.8. The van der Waals surface area contributed by atoms with Gasteiger partial charge in [0.25, 0.3) is 0 Å². The summed E-state index contributed by atoms with van der Waals surface area (Å²) < 4.78 is 5.13. The number of cyclic esters (lactones) is 1. The van der Waals surface area contributed by atoms with Crippen molar-refractivity contribution in [1.82, 2.24) is 0 Å². The van der Waals surface area contributed by atoms with E-state index in [0.717, 1.165) is 32.1 Å². The van der Waals surface area contributed by atoms with Crippen LogP contribution < -0.4 is 0 Å². The van der Waals surface area contributed by atoms with E-state index in [2.05, 4.69) is 0 Å². The number of esters is 1. The highest BCUT2D eigenvalue weighted by Gasteiger charge is 2.22. The average molecular weight is 214 g/mol. The minimum Gasteiger partial charge on any atom is -0.462 e. The zero-order valence-electron chi connectivity index (χ0n) is 9.41. The maximum Gasteiger partial charge on any atom is 0.306 e. The van der Waals surface area contributed by atoms with Crippen LogP contribution in [0.3, 0.4) is 0 Å². The average Bonchev–Trinajstić information content (AvgIpc) is 2.63. The third-order valence-corrected chi connectivity index (χ3v) is 2.90. The minimum absolute atomic E-state index is 0.0251. The van der Waals surface area contributed by atoms with E-state index in [1.807, 2.05) is 0 Å².